The van der Waals surface area contributed by atoms with Crippen molar-refractivity contribution in [1.29, 1.82) is 0 Å². The molecule has 0 aliphatic heterocycles. The fourth-order valence-corrected chi connectivity index (χ4v) is 1.71. The molecule has 0 radical (unpaired) electrons. The first kappa shape index (κ1) is 12.8. The zero-order valence-electron chi connectivity index (χ0n) is 9.85. The molecule has 0 saturated heterocycles. The minimum atomic E-state index is 0.190. The van der Waals surface area contributed by atoms with Crippen LogP contribution in [0.3, 0.4) is 0 Å². The fraction of sp³-hybridized carbons (Fsp3) is 0.182. The molecule has 0 fully saturated rings. The molecule has 0 unspecified atom stereocenters. The van der Waals surface area contributed by atoms with E-state index in [1.807, 2.05) is 24.3 Å². The number of ether oxygens (including phenoxy) is 2. The molecule has 2 aromatic rings. The Morgan fingerprint density at radius 2 is 1.83 bits per heavy atom. The van der Waals surface area contributed by atoms with E-state index in [0.717, 1.165) is 3.57 Å². The summed E-state index contributed by atoms with van der Waals surface area (Å²) < 4.78 is 11.6. The Labute approximate surface area is 118 Å². The first-order chi connectivity index (χ1) is 8.72. The molecule has 0 aliphatic rings. The molecule has 1 aromatic carbocycles. The predicted molar refractivity (Wildman–Crippen MR) is 75.2 cm³/mol. The van der Waals surface area contributed by atoms with Crippen LogP contribution in [-0.4, -0.2) is 29.1 Å². The molecule has 0 spiro atoms. The van der Waals surface area contributed by atoms with Gasteiger partial charge in [0.2, 0.25) is 5.95 Å². The number of nitrogens with zero attached hydrogens (tertiary/aromatic N) is 3. The van der Waals surface area contributed by atoms with Gasteiger partial charge in [-0.15, -0.1) is 4.98 Å². The van der Waals surface area contributed by atoms with Crippen LogP contribution in [0.25, 0.3) is 0 Å². The molecule has 2 rings (SSSR count). The lowest BCUT2D eigenvalue weighted by molar-refractivity contribution is 0.359. The molecule has 1 N–H and O–H groups in total. The van der Waals surface area contributed by atoms with Crippen molar-refractivity contribution < 1.29 is 9.47 Å². The monoisotopic (exact) mass is 358 g/mol. The number of hydrogen-bond donors (Lipinski definition) is 1. The van der Waals surface area contributed by atoms with Gasteiger partial charge in [-0.05, 0) is 34.7 Å². The number of hydrogen-bond acceptors (Lipinski definition) is 6. The van der Waals surface area contributed by atoms with Crippen LogP contribution in [0.2, 0.25) is 0 Å². The number of anilines is 1. The number of halogens is 1. The summed E-state index contributed by atoms with van der Waals surface area (Å²) in [5.41, 5.74) is 0. The summed E-state index contributed by atoms with van der Waals surface area (Å²) in [5.74, 6) is 1.08. The highest BCUT2D eigenvalue weighted by molar-refractivity contribution is 14.1. The van der Waals surface area contributed by atoms with Gasteiger partial charge in [-0.2, -0.15) is 9.97 Å². The molecule has 94 valence electrons. The molecule has 1 aromatic heterocycles. The van der Waals surface area contributed by atoms with Gasteiger partial charge >= 0.3 is 12.0 Å². The SMILES string of the molecule is CNc1nc(OC)nc(Oc2ccccc2I)n1. The molecular formula is C11H11IN4O2. The average Bonchev–Trinajstić information content (AvgIpc) is 2.41. The zero-order valence-corrected chi connectivity index (χ0v) is 12.0. The Kier molecular flexibility index (Phi) is 4.13. The summed E-state index contributed by atoms with van der Waals surface area (Å²) in [4.78, 5) is 12.1. The van der Waals surface area contributed by atoms with E-state index in [4.69, 9.17) is 9.47 Å². The highest BCUT2D eigenvalue weighted by Gasteiger charge is 2.09. The third-order valence-corrected chi connectivity index (χ3v) is 2.93. The smallest absolute Gasteiger partial charge is 0.330 e. The van der Waals surface area contributed by atoms with Gasteiger partial charge in [0.05, 0.1) is 10.7 Å². The van der Waals surface area contributed by atoms with Crippen LogP contribution < -0.4 is 14.8 Å². The summed E-state index contributed by atoms with van der Waals surface area (Å²) in [5, 5.41) is 2.82. The molecule has 0 aliphatic carbocycles. The Balaban J connectivity index is 2.31. The molecule has 0 amide bonds. The summed E-state index contributed by atoms with van der Waals surface area (Å²) in [6.45, 7) is 0. The number of para-hydroxylation sites is 1. The van der Waals surface area contributed by atoms with E-state index in [0.29, 0.717) is 11.7 Å². The number of rotatable bonds is 4. The topological polar surface area (TPSA) is 69.2 Å². The van der Waals surface area contributed by atoms with Gasteiger partial charge in [0.15, 0.2) is 0 Å². The van der Waals surface area contributed by atoms with Gasteiger partial charge in [0.25, 0.3) is 0 Å². The summed E-state index contributed by atoms with van der Waals surface area (Å²) in [7, 11) is 3.20. The molecule has 18 heavy (non-hydrogen) atoms. The maximum atomic E-state index is 5.60. The highest BCUT2D eigenvalue weighted by atomic mass is 127. The van der Waals surface area contributed by atoms with E-state index < -0.39 is 0 Å². The summed E-state index contributed by atoms with van der Waals surface area (Å²) >= 11 is 2.18. The van der Waals surface area contributed by atoms with E-state index in [9.17, 15) is 0 Å². The molecule has 0 saturated carbocycles. The lowest BCUT2D eigenvalue weighted by atomic mass is 10.3. The minimum absolute atomic E-state index is 0.190. The first-order valence-electron chi connectivity index (χ1n) is 5.13. The zero-order chi connectivity index (χ0) is 13.0. The van der Waals surface area contributed by atoms with Crippen molar-refractivity contribution in [1.82, 2.24) is 15.0 Å². The summed E-state index contributed by atoms with van der Waals surface area (Å²) in [6.07, 6.45) is 0. The molecule has 0 atom stereocenters. The van der Waals surface area contributed by atoms with Gasteiger partial charge in [-0.25, -0.2) is 0 Å². The Morgan fingerprint density at radius 3 is 2.50 bits per heavy atom. The standard InChI is InChI=1S/C11H11IN4O2/c1-13-9-14-10(17-2)16-11(15-9)18-8-6-4-3-5-7(8)12/h3-6H,1-2H3,(H,13,14,15,16). The number of benzene rings is 1. The van der Waals surface area contributed by atoms with Crippen molar-refractivity contribution in [2.24, 2.45) is 0 Å². The van der Waals surface area contributed by atoms with Gasteiger partial charge < -0.3 is 14.8 Å². The third-order valence-electron chi connectivity index (χ3n) is 2.04. The van der Waals surface area contributed by atoms with E-state index in [-0.39, 0.29) is 12.0 Å². The van der Waals surface area contributed by atoms with Crippen LogP contribution in [0.4, 0.5) is 5.95 Å². The van der Waals surface area contributed by atoms with Crippen LogP contribution in [0, 0.1) is 3.57 Å². The van der Waals surface area contributed by atoms with Crippen LogP contribution >= 0.6 is 22.6 Å². The first-order valence-corrected chi connectivity index (χ1v) is 6.21. The van der Waals surface area contributed by atoms with Crippen molar-refractivity contribution in [3.63, 3.8) is 0 Å². The molecule has 7 heteroatoms. The van der Waals surface area contributed by atoms with Gasteiger partial charge in [-0.3, -0.25) is 0 Å². The van der Waals surface area contributed by atoms with Gasteiger partial charge in [0, 0.05) is 7.05 Å². The normalized spacial score (nSPS) is 9.94. The van der Waals surface area contributed by atoms with Crippen LogP contribution in [0.1, 0.15) is 0 Å². The van der Waals surface area contributed by atoms with Crippen molar-refractivity contribution in [2.75, 3.05) is 19.5 Å². The Bertz CT molecular complexity index is 528. The van der Waals surface area contributed by atoms with E-state index >= 15 is 0 Å². The van der Waals surface area contributed by atoms with E-state index in [2.05, 4.69) is 42.9 Å². The number of nitrogens with one attached hydrogen (secondary N) is 1. The Morgan fingerprint density at radius 1 is 1.11 bits per heavy atom. The van der Waals surface area contributed by atoms with Crippen LogP contribution in [-0.2, 0) is 0 Å². The quantitative estimate of drug-likeness (QED) is 0.847. The number of aromatic nitrogens is 3. The predicted octanol–water partition coefficient (Wildman–Crippen LogP) is 2.32. The molecule has 0 bridgehead atoms. The average molecular weight is 358 g/mol. The van der Waals surface area contributed by atoms with Gasteiger partial charge in [0.1, 0.15) is 5.75 Å². The molecular weight excluding hydrogens is 347 g/mol. The second kappa shape index (κ2) is 5.80. The maximum Gasteiger partial charge on any atom is 0.330 e. The largest absolute Gasteiger partial charge is 0.467 e. The van der Waals surface area contributed by atoms with Crippen molar-refractivity contribution >= 4 is 28.5 Å². The van der Waals surface area contributed by atoms with Crippen molar-refractivity contribution in [3.8, 4) is 17.8 Å². The minimum Gasteiger partial charge on any atom is -0.467 e. The maximum absolute atomic E-state index is 5.60. The third kappa shape index (κ3) is 2.97. The van der Waals surface area contributed by atoms with Crippen molar-refractivity contribution in [3.05, 3.63) is 27.8 Å². The van der Waals surface area contributed by atoms with E-state index in [1.165, 1.54) is 7.11 Å². The second-order valence-electron chi connectivity index (χ2n) is 3.21. The lowest BCUT2D eigenvalue weighted by Gasteiger charge is -2.07. The lowest BCUT2D eigenvalue weighted by Crippen LogP contribution is -2.03. The van der Waals surface area contributed by atoms with Crippen LogP contribution in [0.15, 0.2) is 24.3 Å². The fourth-order valence-electron chi connectivity index (χ4n) is 1.21. The Hall–Kier alpha value is -1.64. The van der Waals surface area contributed by atoms with E-state index in [1.54, 1.807) is 7.05 Å². The second-order valence-corrected chi connectivity index (χ2v) is 4.37. The van der Waals surface area contributed by atoms with Gasteiger partial charge in [-0.1, -0.05) is 12.1 Å². The highest BCUT2D eigenvalue weighted by Crippen LogP contribution is 2.25. The van der Waals surface area contributed by atoms with Crippen LogP contribution in [0.5, 0.6) is 17.8 Å². The molecule has 6 nitrogen and oxygen atoms in total. The number of methoxy groups -OCH3 is 1. The summed E-state index contributed by atoms with van der Waals surface area (Å²) in [6, 6.07) is 7.99. The van der Waals surface area contributed by atoms with Crippen molar-refractivity contribution in [2.45, 2.75) is 0 Å². The molecule has 1 heterocycles.